The van der Waals surface area contributed by atoms with Crippen LogP contribution in [0.25, 0.3) is 0 Å². The molecule has 0 bridgehead atoms. The summed E-state index contributed by atoms with van der Waals surface area (Å²) < 4.78 is 0. The van der Waals surface area contributed by atoms with Crippen LogP contribution in [0.15, 0.2) is 0 Å². The fraction of sp³-hybridized carbons (Fsp3) is 1.00. The van der Waals surface area contributed by atoms with Crippen molar-refractivity contribution in [1.29, 1.82) is 0 Å². The topological polar surface area (TPSA) is 12.0 Å². The van der Waals surface area contributed by atoms with Gasteiger partial charge in [0, 0.05) is 17.3 Å². The van der Waals surface area contributed by atoms with Crippen molar-refractivity contribution in [3.63, 3.8) is 0 Å². The highest BCUT2D eigenvalue weighted by molar-refractivity contribution is 7.99. The lowest BCUT2D eigenvalue weighted by Crippen LogP contribution is -2.44. The van der Waals surface area contributed by atoms with Gasteiger partial charge >= 0.3 is 0 Å². The van der Waals surface area contributed by atoms with Gasteiger partial charge in [-0.2, -0.15) is 11.8 Å². The molecule has 90 valence electrons. The highest BCUT2D eigenvalue weighted by Gasteiger charge is 2.22. The van der Waals surface area contributed by atoms with Crippen LogP contribution in [-0.4, -0.2) is 23.1 Å². The van der Waals surface area contributed by atoms with Gasteiger partial charge in [-0.3, -0.25) is 0 Å². The first kappa shape index (κ1) is 13.4. The summed E-state index contributed by atoms with van der Waals surface area (Å²) >= 11 is 2.13. The maximum atomic E-state index is 3.80. The molecule has 0 spiro atoms. The summed E-state index contributed by atoms with van der Waals surface area (Å²) in [5, 5.41) is 4.61. The Morgan fingerprint density at radius 1 is 1.27 bits per heavy atom. The molecule has 1 heterocycles. The molecule has 0 aromatic heterocycles. The number of rotatable bonds is 5. The molecule has 15 heavy (non-hydrogen) atoms. The molecule has 1 nitrogen and oxygen atoms in total. The SMILES string of the molecule is CC(C)CCC(C)NC1CCCSC1C. The van der Waals surface area contributed by atoms with Gasteiger partial charge in [-0.1, -0.05) is 20.8 Å². The zero-order chi connectivity index (χ0) is 11.3. The molecule has 1 aliphatic heterocycles. The molecule has 0 aromatic rings. The van der Waals surface area contributed by atoms with Crippen LogP contribution >= 0.6 is 11.8 Å². The molecule has 1 aliphatic rings. The maximum Gasteiger partial charge on any atom is 0.0186 e. The Hall–Kier alpha value is 0.310. The Morgan fingerprint density at radius 3 is 2.60 bits per heavy atom. The molecule has 0 amide bonds. The van der Waals surface area contributed by atoms with Crippen molar-refractivity contribution in [3.8, 4) is 0 Å². The minimum absolute atomic E-state index is 0.693. The number of nitrogens with one attached hydrogen (secondary N) is 1. The second-order valence-corrected chi connectivity index (χ2v) is 6.85. The van der Waals surface area contributed by atoms with Gasteiger partial charge in [0.15, 0.2) is 0 Å². The van der Waals surface area contributed by atoms with E-state index in [0.29, 0.717) is 6.04 Å². The summed E-state index contributed by atoms with van der Waals surface area (Å²) in [6.07, 6.45) is 5.44. The monoisotopic (exact) mass is 229 g/mol. The minimum atomic E-state index is 0.693. The quantitative estimate of drug-likeness (QED) is 0.772. The summed E-state index contributed by atoms with van der Waals surface area (Å²) in [4.78, 5) is 0. The van der Waals surface area contributed by atoms with E-state index in [-0.39, 0.29) is 0 Å². The highest BCUT2D eigenvalue weighted by Crippen LogP contribution is 2.25. The third-order valence-corrected chi connectivity index (χ3v) is 4.66. The molecule has 0 radical (unpaired) electrons. The predicted molar refractivity (Wildman–Crippen MR) is 71.6 cm³/mol. The average molecular weight is 229 g/mol. The Bertz CT molecular complexity index is 170. The van der Waals surface area contributed by atoms with Gasteiger partial charge in [0.05, 0.1) is 0 Å². The van der Waals surface area contributed by atoms with Gasteiger partial charge < -0.3 is 5.32 Å². The largest absolute Gasteiger partial charge is 0.310 e. The van der Waals surface area contributed by atoms with E-state index >= 15 is 0 Å². The molecular weight excluding hydrogens is 202 g/mol. The molecule has 0 saturated carbocycles. The lowest BCUT2D eigenvalue weighted by atomic mass is 10.0. The van der Waals surface area contributed by atoms with Crippen LogP contribution in [0.2, 0.25) is 0 Å². The second kappa shape index (κ2) is 6.80. The van der Waals surface area contributed by atoms with Crippen LogP contribution in [0.3, 0.4) is 0 Å². The maximum absolute atomic E-state index is 3.80. The molecule has 1 rings (SSSR count). The Balaban J connectivity index is 2.20. The average Bonchev–Trinajstić information content (AvgIpc) is 2.18. The van der Waals surface area contributed by atoms with E-state index in [2.05, 4.69) is 44.8 Å². The Morgan fingerprint density at radius 2 is 2.00 bits per heavy atom. The van der Waals surface area contributed by atoms with Gasteiger partial charge in [0.2, 0.25) is 0 Å². The van der Waals surface area contributed by atoms with Gasteiger partial charge in [-0.15, -0.1) is 0 Å². The first-order chi connectivity index (χ1) is 7.09. The first-order valence-corrected chi connectivity index (χ1v) is 7.52. The molecule has 1 saturated heterocycles. The van der Waals surface area contributed by atoms with Crippen LogP contribution < -0.4 is 5.32 Å². The fourth-order valence-corrected chi connectivity index (χ4v) is 3.33. The van der Waals surface area contributed by atoms with Crippen LogP contribution in [0.1, 0.15) is 53.4 Å². The normalized spacial score (nSPS) is 29.4. The molecule has 1 N–H and O–H groups in total. The molecule has 1 fully saturated rings. The Kier molecular flexibility index (Phi) is 6.06. The Labute approximate surface area is 99.8 Å². The third-order valence-electron chi connectivity index (χ3n) is 3.28. The van der Waals surface area contributed by atoms with E-state index in [4.69, 9.17) is 0 Å². The van der Waals surface area contributed by atoms with E-state index in [1.165, 1.54) is 31.4 Å². The molecule has 0 aromatic carbocycles. The summed E-state index contributed by atoms with van der Waals surface area (Å²) in [7, 11) is 0. The zero-order valence-electron chi connectivity index (χ0n) is 10.8. The third kappa shape index (κ3) is 5.26. The summed E-state index contributed by atoms with van der Waals surface area (Å²) in [6.45, 7) is 9.34. The van der Waals surface area contributed by atoms with Gasteiger partial charge in [-0.05, 0) is 44.3 Å². The van der Waals surface area contributed by atoms with Gasteiger partial charge in [0.25, 0.3) is 0 Å². The van der Waals surface area contributed by atoms with Crippen LogP contribution in [0, 0.1) is 5.92 Å². The van der Waals surface area contributed by atoms with Crippen molar-refractivity contribution in [2.24, 2.45) is 5.92 Å². The van der Waals surface area contributed by atoms with Crippen LogP contribution in [0.5, 0.6) is 0 Å². The minimum Gasteiger partial charge on any atom is -0.310 e. The highest BCUT2D eigenvalue weighted by atomic mass is 32.2. The molecule has 3 atom stereocenters. The smallest absolute Gasteiger partial charge is 0.0186 e. The van der Waals surface area contributed by atoms with Crippen LogP contribution in [0.4, 0.5) is 0 Å². The number of thioether (sulfide) groups is 1. The zero-order valence-corrected chi connectivity index (χ0v) is 11.6. The van der Waals surface area contributed by atoms with E-state index in [9.17, 15) is 0 Å². The number of hydrogen-bond donors (Lipinski definition) is 1. The lowest BCUT2D eigenvalue weighted by Gasteiger charge is -2.32. The van der Waals surface area contributed by atoms with Gasteiger partial charge in [-0.25, -0.2) is 0 Å². The summed E-state index contributed by atoms with van der Waals surface area (Å²) in [6, 6.07) is 1.45. The fourth-order valence-electron chi connectivity index (χ4n) is 2.17. The first-order valence-electron chi connectivity index (χ1n) is 6.47. The van der Waals surface area contributed by atoms with E-state index in [1.807, 2.05) is 0 Å². The number of hydrogen-bond acceptors (Lipinski definition) is 2. The van der Waals surface area contributed by atoms with Crippen molar-refractivity contribution >= 4 is 11.8 Å². The summed E-state index contributed by atoms with van der Waals surface area (Å²) in [5.41, 5.74) is 0. The summed E-state index contributed by atoms with van der Waals surface area (Å²) in [5.74, 6) is 2.20. The standard InChI is InChI=1S/C13H27NS/c1-10(2)7-8-11(3)14-13-6-5-9-15-12(13)4/h10-14H,5-9H2,1-4H3. The lowest BCUT2D eigenvalue weighted by molar-refractivity contribution is 0.376. The van der Waals surface area contributed by atoms with Crippen LogP contribution in [-0.2, 0) is 0 Å². The van der Waals surface area contributed by atoms with E-state index < -0.39 is 0 Å². The second-order valence-electron chi connectivity index (χ2n) is 5.36. The molecule has 3 unspecified atom stereocenters. The molecule has 0 aliphatic carbocycles. The van der Waals surface area contributed by atoms with Crippen molar-refractivity contribution < 1.29 is 0 Å². The van der Waals surface area contributed by atoms with E-state index in [1.54, 1.807) is 0 Å². The van der Waals surface area contributed by atoms with Crippen molar-refractivity contribution in [2.75, 3.05) is 5.75 Å². The molecule has 2 heteroatoms. The van der Waals surface area contributed by atoms with Crippen molar-refractivity contribution in [2.45, 2.75) is 70.7 Å². The van der Waals surface area contributed by atoms with E-state index in [0.717, 1.165) is 17.2 Å². The van der Waals surface area contributed by atoms with Crippen molar-refractivity contribution in [3.05, 3.63) is 0 Å². The predicted octanol–water partition coefficient (Wildman–Crippen LogP) is 3.68. The molecular formula is C13H27NS. The van der Waals surface area contributed by atoms with Gasteiger partial charge in [0.1, 0.15) is 0 Å². The van der Waals surface area contributed by atoms with Crippen molar-refractivity contribution in [1.82, 2.24) is 5.32 Å².